The normalized spacial score (nSPS) is 22.6. The average molecular weight is 253 g/mol. The standard InChI is InChI=1S/C11H19N5O2/c1-3-4-9-10(16(17)18)11(15(2)14-9)13-8-5-7(12)6-8/h7-8,13H,3-6,12H2,1-2H3. The maximum absolute atomic E-state index is 11.2. The molecule has 0 radical (unpaired) electrons. The van der Waals surface area contributed by atoms with Crippen LogP contribution in [0, 0.1) is 10.1 Å². The molecule has 0 aromatic carbocycles. The highest BCUT2D eigenvalue weighted by atomic mass is 16.6. The lowest BCUT2D eigenvalue weighted by Crippen LogP contribution is -2.44. The Balaban J connectivity index is 2.24. The summed E-state index contributed by atoms with van der Waals surface area (Å²) >= 11 is 0. The third-order valence-electron chi connectivity index (χ3n) is 3.28. The van der Waals surface area contributed by atoms with Crippen molar-refractivity contribution < 1.29 is 4.92 Å². The van der Waals surface area contributed by atoms with E-state index >= 15 is 0 Å². The smallest absolute Gasteiger partial charge is 0.333 e. The Morgan fingerprint density at radius 3 is 2.78 bits per heavy atom. The van der Waals surface area contributed by atoms with Crippen molar-refractivity contribution in [3.05, 3.63) is 15.8 Å². The molecule has 7 nitrogen and oxygen atoms in total. The molecule has 1 saturated carbocycles. The van der Waals surface area contributed by atoms with Gasteiger partial charge in [-0.3, -0.25) is 10.1 Å². The van der Waals surface area contributed by atoms with Crippen LogP contribution in [-0.4, -0.2) is 26.8 Å². The lowest BCUT2D eigenvalue weighted by molar-refractivity contribution is -0.384. The SMILES string of the molecule is CCCc1nn(C)c(NC2CC(N)C2)c1[N+](=O)[O-]. The van der Waals surface area contributed by atoms with E-state index in [1.807, 2.05) is 6.92 Å². The van der Waals surface area contributed by atoms with Crippen LogP contribution in [0.25, 0.3) is 0 Å². The first kappa shape index (κ1) is 12.8. The quantitative estimate of drug-likeness (QED) is 0.606. The highest BCUT2D eigenvalue weighted by Gasteiger charge is 2.32. The minimum atomic E-state index is -0.348. The van der Waals surface area contributed by atoms with Crippen LogP contribution < -0.4 is 11.1 Å². The molecule has 0 aliphatic heterocycles. The number of nitrogens with zero attached hydrogens (tertiary/aromatic N) is 3. The highest BCUT2D eigenvalue weighted by molar-refractivity contribution is 5.60. The summed E-state index contributed by atoms with van der Waals surface area (Å²) in [5.74, 6) is 0.500. The van der Waals surface area contributed by atoms with Crippen LogP contribution in [0.1, 0.15) is 31.9 Å². The van der Waals surface area contributed by atoms with E-state index in [4.69, 9.17) is 5.73 Å². The van der Waals surface area contributed by atoms with Gasteiger partial charge in [-0.05, 0) is 19.3 Å². The van der Waals surface area contributed by atoms with Crippen LogP contribution in [-0.2, 0) is 13.5 Å². The average Bonchev–Trinajstić information content (AvgIpc) is 2.54. The molecule has 1 aliphatic carbocycles. The van der Waals surface area contributed by atoms with Crippen molar-refractivity contribution in [2.45, 2.75) is 44.7 Å². The van der Waals surface area contributed by atoms with E-state index in [-0.39, 0.29) is 22.7 Å². The van der Waals surface area contributed by atoms with Crippen LogP contribution in [0.4, 0.5) is 11.5 Å². The first-order valence-corrected chi connectivity index (χ1v) is 6.25. The Hall–Kier alpha value is -1.63. The first-order valence-electron chi connectivity index (χ1n) is 6.25. The largest absolute Gasteiger partial charge is 0.362 e. The zero-order valence-electron chi connectivity index (χ0n) is 10.7. The molecule has 0 saturated heterocycles. The number of aryl methyl sites for hydroxylation is 2. The summed E-state index contributed by atoms with van der Waals surface area (Å²) in [6.45, 7) is 1.98. The number of hydrogen-bond acceptors (Lipinski definition) is 5. The molecular weight excluding hydrogens is 234 g/mol. The van der Waals surface area contributed by atoms with Gasteiger partial charge in [-0.25, -0.2) is 4.68 Å². The van der Waals surface area contributed by atoms with E-state index in [0.717, 1.165) is 19.3 Å². The van der Waals surface area contributed by atoms with Gasteiger partial charge in [0.25, 0.3) is 0 Å². The molecule has 100 valence electrons. The van der Waals surface area contributed by atoms with Crippen LogP contribution in [0.5, 0.6) is 0 Å². The van der Waals surface area contributed by atoms with Gasteiger partial charge in [-0.15, -0.1) is 0 Å². The maximum Gasteiger partial charge on any atom is 0.333 e. The maximum atomic E-state index is 11.2. The molecule has 0 spiro atoms. The predicted octanol–water partition coefficient (Wildman–Crippen LogP) is 1.18. The Kier molecular flexibility index (Phi) is 3.51. The van der Waals surface area contributed by atoms with Crippen molar-refractivity contribution in [1.82, 2.24) is 9.78 Å². The molecule has 1 heterocycles. The number of nitro groups is 1. The lowest BCUT2D eigenvalue weighted by Gasteiger charge is -2.33. The Labute approximate surface area is 105 Å². The second-order valence-corrected chi connectivity index (χ2v) is 4.85. The van der Waals surface area contributed by atoms with Gasteiger partial charge in [0.2, 0.25) is 5.82 Å². The van der Waals surface area contributed by atoms with E-state index in [1.54, 1.807) is 11.7 Å². The summed E-state index contributed by atoms with van der Waals surface area (Å²) in [6, 6.07) is 0.438. The van der Waals surface area contributed by atoms with Crippen molar-refractivity contribution in [3.63, 3.8) is 0 Å². The number of hydrogen-bond donors (Lipinski definition) is 2. The minimum Gasteiger partial charge on any atom is -0.362 e. The number of aromatic nitrogens is 2. The monoisotopic (exact) mass is 253 g/mol. The van der Waals surface area contributed by atoms with Crippen LogP contribution in [0.2, 0.25) is 0 Å². The van der Waals surface area contributed by atoms with E-state index in [9.17, 15) is 10.1 Å². The van der Waals surface area contributed by atoms with Gasteiger partial charge in [-0.1, -0.05) is 13.3 Å². The first-order chi connectivity index (χ1) is 8.52. The van der Waals surface area contributed by atoms with Gasteiger partial charge in [0.05, 0.1) is 4.92 Å². The summed E-state index contributed by atoms with van der Waals surface area (Å²) in [5.41, 5.74) is 6.38. The van der Waals surface area contributed by atoms with Gasteiger partial charge in [0, 0.05) is 19.1 Å². The zero-order valence-corrected chi connectivity index (χ0v) is 10.7. The van der Waals surface area contributed by atoms with Gasteiger partial charge in [0.1, 0.15) is 5.69 Å². The molecule has 0 unspecified atom stereocenters. The van der Waals surface area contributed by atoms with E-state index < -0.39 is 0 Å². The summed E-state index contributed by atoms with van der Waals surface area (Å²) < 4.78 is 1.56. The Morgan fingerprint density at radius 1 is 1.61 bits per heavy atom. The second kappa shape index (κ2) is 4.93. The Bertz CT molecular complexity index is 451. The lowest BCUT2D eigenvalue weighted by atomic mass is 9.87. The summed E-state index contributed by atoms with van der Waals surface area (Å²) in [6.07, 6.45) is 3.17. The molecule has 18 heavy (non-hydrogen) atoms. The van der Waals surface area contributed by atoms with E-state index in [2.05, 4.69) is 10.4 Å². The molecule has 1 aromatic heterocycles. The molecule has 0 amide bonds. The van der Waals surface area contributed by atoms with Crippen molar-refractivity contribution in [3.8, 4) is 0 Å². The zero-order chi connectivity index (χ0) is 13.3. The minimum absolute atomic E-state index is 0.111. The van der Waals surface area contributed by atoms with E-state index in [1.165, 1.54) is 0 Å². The fourth-order valence-corrected chi connectivity index (χ4v) is 2.30. The Morgan fingerprint density at radius 2 is 2.28 bits per heavy atom. The van der Waals surface area contributed by atoms with Crippen molar-refractivity contribution in [2.75, 3.05) is 5.32 Å². The second-order valence-electron chi connectivity index (χ2n) is 4.85. The molecule has 7 heteroatoms. The van der Waals surface area contributed by atoms with Crippen molar-refractivity contribution in [2.24, 2.45) is 12.8 Å². The van der Waals surface area contributed by atoms with Gasteiger partial charge in [-0.2, -0.15) is 5.10 Å². The molecule has 3 N–H and O–H groups in total. The number of nitrogens with one attached hydrogen (secondary N) is 1. The van der Waals surface area contributed by atoms with Crippen LogP contribution in [0.3, 0.4) is 0 Å². The summed E-state index contributed by atoms with van der Waals surface area (Å²) in [4.78, 5) is 10.8. The van der Waals surface area contributed by atoms with Crippen molar-refractivity contribution >= 4 is 11.5 Å². The molecule has 0 bridgehead atoms. The molecular formula is C11H19N5O2. The molecule has 1 aliphatic rings. The van der Waals surface area contributed by atoms with Gasteiger partial charge >= 0.3 is 5.69 Å². The summed E-state index contributed by atoms with van der Waals surface area (Å²) in [5, 5.41) is 18.6. The fraction of sp³-hybridized carbons (Fsp3) is 0.727. The number of nitrogens with two attached hydrogens (primary N) is 1. The number of anilines is 1. The van der Waals surface area contributed by atoms with Gasteiger partial charge < -0.3 is 11.1 Å². The third kappa shape index (κ3) is 2.31. The molecule has 1 aromatic rings. The molecule has 0 atom stereocenters. The van der Waals surface area contributed by atoms with Crippen molar-refractivity contribution in [1.29, 1.82) is 0 Å². The molecule has 2 rings (SSSR count). The van der Waals surface area contributed by atoms with E-state index in [0.29, 0.717) is 17.9 Å². The summed E-state index contributed by atoms with van der Waals surface area (Å²) in [7, 11) is 1.73. The van der Waals surface area contributed by atoms with Crippen LogP contribution in [0.15, 0.2) is 0 Å². The number of rotatable bonds is 5. The molecule has 1 fully saturated rings. The fourth-order valence-electron chi connectivity index (χ4n) is 2.30. The van der Waals surface area contributed by atoms with Gasteiger partial charge in [0.15, 0.2) is 0 Å². The van der Waals surface area contributed by atoms with Crippen LogP contribution >= 0.6 is 0 Å². The third-order valence-corrected chi connectivity index (χ3v) is 3.28. The topological polar surface area (TPSA) is 99.0 Å². The predicted molar refractivity (Wildman–Crippen MR) is 68.5 cm³/mol. The highest BCUT2D eigenvalue weighted by Crippen LogP contribution is 2.32.